The molecule has 0 saturated carbocycles. The molecule has 0 aliphatic carbocycles. The lowest BCUT2D eigenvalue weighted by molar-refractivity contribution is 0.791. The van der Waals surface area contributed by atoms with Crippen LogP contribution in [-0.2, 0) is 0 Å². The molecule has 4 heteroatoms. The van der Waals surface area contributed by atoms with Gasteiger partial charge in [0.05, 0.1) is 16.4 Å². The first-order valence-corrected chi connectivity index (χ1v) is 6.19. The number of pyridine rings is 1. The lowest BCUT2D eigenvalue weighted by Gasteiger charge is -2.13. The summed E-state index contributed by atoms with van der Waals surface area (Å²) in [7, 11) is 0. The maximum absolute atomic E-state index is 5.78. The average Bonchev–Trinajstić information content (AvgIpc) is 2.67. The standard InChI is InChI=1S/C13H17N3S/c1-8(2)11-12(9(3)13(14)17)16-7-5-4-6-10(16)15-11/h4-9H,1-3H3,(H2,14,17). The fourth-order valence-electron chi connectivity index (χ4n) is 2.02. The van der Waals surface area contributed by atoms with Crippen molar-refractivity contribution in [2.45, 2.75) is 32.6 Å². The molecule has 0 fully saturated rings. The predicted octanol–water partition coefficient (Wildman–Crippen LogP) is 2.85. The monoisotopic (exact) mass is 247 g/mol. The summed E-state index contributed by atoms with van der Waals surface area (Å²) in [5.74, 6) is 0.404. The summed E-state index contributed by atoms with van der Waals surface area (Å²) in [6.07, 6.45) is 2.01. The fourth-order valence-corrected chi connectivity index (χ4v) is 2.13. The van der Waals surface area contributed by atoms with E-state index in [-0.39, 0.29) is 5.92 Å². The van der Waals surface area contributed by atoms with Crippen LogP contribution in [0.1, 0.15) is 44.0 Å². The van der Waals surface area contributed by atoms with Crippen molar-refractivity contribution >= 4 is 22.9 Å². The van der Waals surface area contributed by atoms with Crippen molar-refractivity contribution in [2.24, 2.45) is 5.73 Å². The van der Waals surface area contributed by atoms with Crippen LogP contribution in [0.2, 0.25) is 0 Å². The summed E-state index contributed by atoms with van der Waals surface area (Å²) in [6, 6.07) is 5.98. The van der Waals surface area contributed by atoms with E-state index in [0.717, 1.165) is 17.0 Å². The van der Waals surface area contributed by atoms with Crippen LogP contribution in [0.4, 0.5) is 0 Å². The minimum Gasteiger partial charge on any atom is -0.393 e. The number of fused-ring (bicyclic) bond motifs is 1. The van der Waals surface area contributed by atoms with Crippen molar-refractivity contribution in [3.63, 3.8) is 0 Å². The second kappa shape index (κ2) is 4.45. The van der Waals surface area contributed by atoms with Crippen LogP contribution in [0.15, 0.2) is 24.4 Å². The number of hydrogen-bond acceptors (Lipinski definition) is 2. The molecule has 90 valence electrons. The smallest absolute Gasteiger partial charge is 0.137 e. The molecule has 2 rings (SSSR count). The molecule has 1 unspecified atom stereocenters. The van der Waals surface area contributed by atoms with Gasteiger partial charge in [-0.3, -0.25) is 0 Å². The largest absolute Gasteiger partial charge is 0.393 e. The van der Waals surface area contributed by atoms with Crippen LogP contribution < -0.4 is 5.73 Å². The molecule has 2 aromatic rings. The van der Waals surface area contributed by atoms with E-state index >= 15 is 0 Å². The maximum atomic E-state index is 5.78. The molecule has 17 heavy (non-hydrogen) atoms. The molecule has 2 N–H and O–H groups in total. The predicted molar refractivity (Wildman–Crippen MR) is 74.5 cm³/mol. The van der Waals surface area contributed by atoms with Crippen LogP contribution in [0, 0.1) is 0 Å². The van der Waals surface area contributed by atoms with Crippen molar-refractivity contribution in [3.8, 4) is 0 Å². The van der Waals surface area contributed by atoms with Gasteiger partial charge in [-0.15, -0.1) is 0 Å². The Morgan fingerprint density at radius 2 is 2.06 bits per heavy atom. The molecule has 2 heterocycles. The van der Waals surface area contributed by atoms with Gasteiger partial charge in [0.25, 0.3) is 0 Å². The van der Waals surface area contributed by atoms with E-state index in [1.165, 1.54) is 0 Å². The minimum absolute atomic E-state index is 0.0415. The van der Waals surface area contributed by atoms with Crippen molar-refractivity contribution in [1.29, 1.82) is 0 Å². The Kier molecular flexibility index (Phi) is 3.15. The van der Waals surface area contributed by atoms with Crippen LogP contribution in [0.25, 0.3) is 5.65 Å². The number of nitrogens with zero attached hydrogens (tertiary/aromatic N) is 2. The number of hydrogen-bond donors (Lipinski definition) is 1. The zero-order valence-corrected chi connectivity index (χ0v) is 11.2. The normalized spacial score (nSPS) is 13.2. The van der Waals surface area contributed by atoms with E-state index in [4.69, 9.17) is 18.0 Å². The second-order valence-electron chi connectivity index (χ2n) is 4.59. The molecular weight excluding hydrogens is 230 g/mol. The molecule has 0 bridgehead atoms. The first-order valence-electron chi connectivity index (χ1n) is 5.78. The van der Waals surface area contributed by atoms with Gasteiger partial charge in [0.2, 0.25) is 0 Å². The molecular formula is C13H17N3S. The number of aromatic nitrogens is 2. The topological polar surface area (TPSA) is 43.3 Å². The summed E-state index contributed by atoms with van der Waals surface area (Å²) >= 11 is 5.11. The van der Waals surface area contributed by atoms with Gasteiger partial charge in [-0.05, 0) is 18.1 Å². The number of imidazole rings is 1. The molecule has 1 atom stereocenters. The zero-order valence-electron chi connectivity index (χ0n) is 10.3. The van der Waals surface area contributed by atoms with Crippen LogP contribution in [0.3, 0.4) is 0 Å². The third-order valence-electron chi connectivity index (χ3n) is 2.98. The highest BCUT2D eigenvalue weighted by Gasteiger charge is 2.21. The molecule has 0 aliphatic rings. The Labute approximate surface area is 107 Å². The lowest BCUT2D eigenvalue weighted by Crippen LogP contribution is -2.19. The van der Waals surface area contributed by atoms with Crippen LogP contribution >= 0.6 is 12.2 Å². The fraction of sp³-hybridized carbons (Fsp3) is 0.385. The van der Waals surface area contributed by atoms with Crippen molar-refractivity contribution in [1.82, 2.24) is 9.38 Å². The first kappa shape index (κ1) is 12.0. The lowest BCUT2D eigenvalue weighted by atomic mass is 10.00. The highest BCUT2D eigenvalue weighted by Crippen LogP contribution is 2.27. The average molecular weight is 247 g/mol. The molecule has 3 nitrogen and oxygen atoms in total. The molecule has 0 radical (unpaired) electrons. The third kappa shape index (κ3) is 2.05. The van der Waals surface area contributed by atoms with Gasteiger partial charge in [-0.1, -0.05) is 39.1 Å². The minimum atomic E-state index is 0.0415. The van der Waals surface area contributed by atoms with Crippen molar-refractivity contribution < 1.29 is 0 Å². The van der Waals surface area contributed by atoms with E-state index < -0.39 is 0 Å². The Hall–Kier alpha value is -1.42. The van der Waals surface area contributed by atoms with E-state index in [9.17, 15) is 0 Å². The van der Waals surface area contributed by atoms with Gasteiger partial charge in [0, 0.05) is 12.1 Å². The summed E-state index contributed by atoms with van der Waals surface area (Å²) in [5.41, 5.74) is 8.92. The highest BCUT2D eigenvalue weighted by atomic mass is 32.1. The van der Waals surface area contributed by atoms with Crippen LogP contribution in [0.5, 0.6) is 0 Å². The first-order chi connectivity index (χ1) is 8.02. The summed E-state index contributed by atoms with van der Waals surface area (Å²) in [5, 5.41) is 0. The maximum Gasteiger partial charge on any atom is 0.137 e. The molecule has 0 aliphatic heterocycles. The Balaban J connectivity index is 2.72. The van der Waals surface area contributed by atoms with Crippen LogP contribution in [-0.4, -0.2) is 14.4 Å². The number of thiocarbonyl (C=S) groups is 1. The van der Waals surface area contributed by atoms with Gasteiger partial charge < -0.3 is 10.1 Å². The number of nitrogens with two attached hydrogens (primary N) is 1. The van der Waals surface area contributed by atoms with Gasteiger partial charge in [0.1, 0.15) is 5.65 Å². The Morgan fingerprint density at radius 3 is 2.65 bits per heavy atom. The Bertz CT molecular complexity index is 557. The SMILES string of the molecule is CC(C)c1nc2ccccn2c1C(C)C(N)=S. The molecule has 0 spiro atoms. The van der Waals surface area contributed by atoms with E-state index in [2.05, 4.69) is 23.2 Å². The van der Waals surface area contributed by atoms with E-state index in [0.29, 0.717) is 10.9 Å². The second-order valence-corrected chi connectivity index (χ2v) is 5.06. The highest BCUT2D eigenvalue weighted by molar-refractivity contribution is 7.80. The summed E-state index contributed by atoms with van der Waals surface area (Å²) in [4.78, 5) is 5.18. The molecule has 0 aromatic carbocycles. The van der Waals surface area contributed by atoms with Gasteiger partial charge in [0.15, 0.2) is 0 Å². The van der Waals surface area contributed by atoms with Gasteiger partial charge >= 0.3 is 0 Å². The van der Waals surface area contributed by atoms with E-state index in [1.807, 2.05) is 31.3 Å². The third-order valence-corrected chi connectivity index (χ3v) is 3.33. The molecule has 0 amide bonds. The zero-order chi connectivity index (χ0) is 12.6. The summed E-state index contributed by atoms with van der Waals surface area (Å²) < 4.78 is 2.08. The van der Waals surface area contributed by atoms with Gasteiger partial charge in [-0.2, -0.15) is 0 Å². The number of rotatable bonds is 3. The van der Waals surface area contributed by atoms with Crippen molar-refractivity contribution in [3.05, 3.63) is 35.8 Å². The van der Waals surface area contributed by atoms with Gasteiger partial charge in [-0.25, -0.2) is 4.98 Å². The molecule has 0 saturated heterocycles. The molecule has 2 aromatic heterocycles. The Morgan fingerprint density at radius 1 is 1.35 bits per heavy atom. The quantitative estimate of drug-likeness (QED) is 0.848. The van der Waals surface area contributed by atoms with Crippen molar-refractivity contribution in [2.75, 3.05) is 0 Å². The summed E-state index contributed by atoms with van der Waals surface area (Å²) in [6.45, 7) is 6.31. The van der Waals surface area contributed by atoms with E-state index in [1.54, 1.807) is 0 Å².